The summed E-state index contributed by atoms with van der Waals surface area (Å²) in [7, 11) is 3.90. The molecule has 2 atom stereocenters. The van der Waals surface area contributed by atoms with Crippen LogP contribution >= 0.6 is 12.2 Å². The quantitative estimate of drug-likeness (QED) is 0.792. The summed E-state index contributed by atoms with van der Waals surface area (Å²) in [5, 5.41) is 3.37. The van der Waals surface area contributed by atoms with E-state index in [9.17, 15) is 4.79 Å². The molecule has 1 aromatic carbocycles. The van der Waals surface area contributed by atoms with Crippen molar-refractivity contribution in [1.29, 1.82) is 0 Å². The normalized spacial score (nSPS) is 21.2. The zero-order valence-corrected chi connectivity index (χ0v) is 13.2. The first-order valence-corrected chi connectivity index (χ1v) is 7.33. The lowest BCUT2D eigenvalue weighted by Crippen LogP contribution is -2.38. The van der Waals surface area contributed by atoms with E-state index in [-0.39, 0.29) is 12.1 Å². The second-order valence-electron chi connectivity index (χ2n) is 5.43. The van der Waals surface area contributed by atoms with Crippen molar-refractivity contribution in [2.24, 2.45) is 5.73 Å². The average Bonchev–Trinajstić information content (AvgIpc) is 2.93. The minimum Gasteiger partial charge on any atom is -0.372 e. The monoisotopic (exact) mass is 307 g/mol. The van der Waals surface area contributed by atoms with E-state index in [4.69, 9.17) is 22.7 Å². The van der Waals surface area contributed by atoms with Gasteiger partial charge in [0, 0.05) is 26.2 Å². The van der Waals surface area contributed by atoms with Crippen molar-refractivity contribution in [3.05, 3.63) is 35.4 Å². The molecular weight excluding hydrogens is 286 g/mol. The number of hydrogen-bond donors (Lipinski definition) is 2. The molecule has 1 fully saturated rings. The highest BCUT2D eigenvalue weighted by Gasteiger charge is 2.28. The number of carbonyl (C=O) groups excluding carboxylic acids is 1. The number of primary amides is 1. The van der Waals surface area contributed by atoms with Crippen LogP contribution in [0.3, 0.4) is 0 Å². The van der Waals surface area contributed by atoms with Gasteiger partial charge in [0.25, 0.3) is 0 Å². The molecule has 3 N–H and O–H groups in total. The molecule has 1 saturated heterocycles. The summed E-state index contributed by atoms with van der Waals surface area (Å²) in [6.45, 7) is 1.25. The van der Waals surface area contributed by atoms with Gasteiger partial charge < -0.3 is 20.7 Å². The molecule has 1 amide bonds. The zero-order valence-electron chi connectivity index (χ0n) is 12.3. The minimum absolute atomic E-state index is 0.130. The molecule has 1 heterocycles. The first-order chi connectivity index (χ1) is 9.97. The molecule has 21 heavy (non-hydrogen) atoms. The van der Waals surface area contributed by atoms with Crippen LogP contribution in [0.15, 0.2) is 24.3 Å². The SMILES string of the molecule is CN(C)C(=S)[C@@H]1C[C@@H](OCc2cccc(C(N)=O)c2)CN1. The Morgan fingerprint density at radius 3 is 2.95 bits per heavy atom. The molecule has 0 saturated carbocycles. The number of carbonyl (C=O) groups is 1. The molecule has 114 valence electrons. The number of ether oxygens (including phenoxy) is 1. The zero-order chi connectivity index (χ0) is 15.4. The molecule has 0 spiro atoms. The number of nitrogens with one attached hydrogen (secondary N) is 1. The van der Waals surface area contributed by atoms with Crippen LogP contribution in [0.1, 0.15) is 22.3 Å². The van der Waals surface area contributed by atoms with Crippen molar-refractivity contribution in [3.8, 4) is 0 Å². The average molecular weight is 307 g/mol. The molecule has 1 aromatic rings. The molecule has 1 aliphatic rings. The van der Waals surface area contributed by atoms with Crippen molar-refractivity contribution < 1.29 is 9.53 Å². The van der Waals surface area contributed by atoms with E-state index in [1.807, 2.05) is 31.1 Å². The number of rotatable bonds is 5. The largest absolute Gasteiger partial charge is 0.372 e. The van der Waals surface area contributed by atoms with E-state index in [2.05, 4.69) is 5.32 Å². The highest BCUT2D eigenvalue weighted by molar-refractivity contribution is 7.80. The van der Waals surface area contributed by atoms with Crippen LogP contribution in [0.2, 0.25) is 0 Å². The van der Waals surface area contributed by atoms with Gasteiger partial charge in [-0.15, -0.1) is 0 Å². The lowest BCUT2D eigenvalue weighted by atomic mass is 10.1. The van der Waals surface area contributed by atoms with E-state index in [0.29, 0.717) is 12.2 Å². The maximum Gasteiger partial charge on any atom is 0.248 e. The third-order valence-electron chi connectivity index (χ3n) is 3.53. The standard InChI is InChI=1S/C15H21N3O2S/c1-18(2)15(21)13-7-12(8-17-13)20-9-10-4-3-5-11(6-10)14(16)19/h3-6,12-13,17H,7-9H2,1-2H3,(H2,16,19)/t12-,13+/m1/s1. The summed E-state index contributed by atoms with van der Waals surface area (Å²) in [5.41, 5.74) is 6.73. The molecule has 1 aliphatic heterocycles. The van der Waals surface area contributed by atoms with Crippen LogP contribution in [0.4, 0.5) is 0 Å². The van der Waals surface area contributed by atoms with Crippen LogP contribution in [0, 0.1) is 0 Å². The predicted molar refractivity (Wildman–Crippen MR) is 86.2 cm³/mol. The summed E-state index contributed by atoms with van der Waals surface area (Å²) in [4.78, 5) is 14.0. The van der Waals surface area contributed by atoms with Crippen molar-refractivity contribution >= 4 is 23.1 Å². The molecule has 0 unspecified atom stereocenters. The Hall–Kier alpha value is -1.50. The maximum absolute atomic E-state index is 11.1. The second-order valence-corrected chi connectivity index (χ2v) is 5.85. The highest BCUT2D eigenvalue weighted by Crippen LogP contribution is 2.15. The first-order valence-electron chi connectivity index (χ1n) is 6.92. The van der Waals surface area contributed by atoms with E-state index in [1.165, 1.54) is 0 Å². The van der Waals surface area contributed by atoms with Gasteiger partial charge in [-0.3, -0.25) is 4.79 Å². The van der Waals surface area contributed by atoms with Gasteiger partial charge in [-0.1, -0.05) is 24.4 Å². The molecule has 0 aliphatic carbocycles. The molecule has 2 rings (SSSR count). The van der Waals surface area contributed by atoms with Gasteiger partial charge in [0.2, 0.25) is 5.91 Å². The van der Waals surface area contributed by atoms with Crippen molar-refractivity contribution in [2.45, 2.75) is 25.2 Å². The lowest BCUT2D eigenvalue weighted by molar-refractivity contribution is 0.0534. The van der Waals surface area contributed by atoms with Gasteiger partial charge in [0.05, 0.1) is 23.7 Å². The lowest BCUT2D eigenvalue weighted by Gasteiger charge is -2.19. The fourth-order valence-corrected chi connectivity index (χ4v) is 2.54. The number of likely N-dealkylation sites (N-methyl/N-ethyl adjacent to an activating group) is 1. The fourth-order valence-electron chi connectivity index (χ4n) is 2.36. The molecule has 0 bridgehead atoms. The van der Waals surface area contributed by atoms with Gasteiger partial charge in [0.1, 0.15) is 0 Å². The number of hydrogen-bond acceptors (Lipinski definition) is 4. The Morgan fingerprint density at radius 1 is 1.52 bits per heavy atom. The third-order valence-corrected chi connectivity index (χ3v) is 4.18. The number of amides is 1. The minimum atomic E-state index is -0.421. The topological polar surface area (TPSA) is 67.6 Å². The Labute approximate surface area is 130 Å². The van der Waals surface area contributed by atoms with Crippen LogP contribution in [-0.4, -0.2) is 48.6 Å². The van der Waals surface area contributed by atoms with E-state index < -0.39 is 5.91 Å². The third kappa shape index (κ3) is 4.23. The van der Waals surface area contributed by atoms with Gasteiger partial charge in [-0.25, -0.2) is 0 Å². The Morgan fingerprint density at radius 2 is 2.29 bits per heavy atom. The number of nitrogens with two attached hydrogens (primary N) is 1. The van der Waals surface area contributed by atoms with Crippen molar-refractivity contribution in [2.75, 3.05) is 20.6 Å². The molecule has 0 radical (unpaired) electrons. The van der Waals surface area contributed by atoms with E-state index in [1.54, 1.807) is 12.1 Å². The van der Waals surface area contributed by atoms with Gasteiger partial charge in [0.15, 0.2) is 0 Å². The van der Waals surface area contributed by atoms with Gasteiger partial charge in [-0.05, 0) is 24.1 Å². The summed E-state index contributed by atoms with van der Waals surface area (Å²) >= 11 is 5.37. The summed E-state index contributed by atoms with van der Waals surface area (Å²) < 4.78 is 5.89. The Bertz CT molecular complexity index is 533. The van der Waals surface area contributed by atoms with Crippen LogP contribution in [0.5, 0.6) is 0 Å². The first kappa shape index (κ1) is 15.9. The fraction of sp³-hybridized carbons (Fsp3) is 0.467. The molecule has 6 heteroatoms. The number of thiocarbonyl (C=S) groups is 1. The van der Waals surface area contributed by atoms with Crippen molar-refractivity contribution in [3.63, 3.8) is 0 Å². The maximum atomic E-state index is 11.1. The van der Waals surface area contributed by atoms with Crippen LogP contribution in [0.25, 0.3) is 0 Å². The second kappa shape index (κ2) is 6.98. The molecular formula is C15H21N3O2S. The Kier molecular flexibility index (Phi) is 5.27. The van der Waals surface area contributed by atoms with Crippen LogP contribution < -0.4 is 11.1 Å². The summed E-state index contributed by atoms with van der Waals surface area (Å²) in [6.07, 6.45) is 0.997. The van der Waals surface area contributed by atoms with E-state index >= 15 is 0 Å². The predicted octanol–water partition coefficient (Wildman–Crippen LogP) is 0.922. The van der Waals surface area contributed by atoms with E-state index in [0.717, 1.165) is 23.5 Å². The number of nitrogens with zero attached hydrogens (tertiary/aromatic N) is 1. The van der Waals surface area contributed by atoms with Crippen molar-refractivity contribution in [1.82, 2.24) is 10.2 Å². The molecule has 5 nitrogen and oxygen atoms in total. The summed E-state index contributed by atoms with van der Waals surface area (Å²) in [5.74, 6) is -0.421. The number of benzene rings is 1. The van der Waals surface area contributed by atoms with Gasteiger partial charge in [-0.2, -0.15) is 0 Å². The smallest absolute Gasteiger partial charge is 0.248 e. The molecule has 0 aromatic heterocycles. The van der Waals surface area contributed by atoms with Crippen LogP contribution in [-0.2, 0) is 11.3 Å². The van der Waals surface area contributed by atoms with Gasteiger partial charge >= 0.3 is 0 Å². The summed E-state index contributed by atoms with van der Waals surface area (Å²) in [6, 6.07) is 7.41. The highest BCUT2D eigenvalue weighted by atomic mass is 32.1. The Balaban J connectivity index is 1.86.